The van der Waals surface area contributed by atoms with E-state index in [1.807, 2.05) is 26.0 Å². The summed E-state index contributed by atoms with van der Waals surface area (Å²) in [5, 5.41) is 23.6. The van der Waals surface area contributed by atoms with E-state index in [0.717, 1.165) is 5.56 Å². The van der Waals surface area contributed by atoms with Crippen molar-refractivity contribution in [2.24, 2.45) is 11.3 Å². The van der Waals surface area contributed by atoms with Gasteiger partial charge in [0.2, 0.25) is 11.8 Å². The molecule has 1 aromatic carbocycles. The number of aliphatic hydroxyl groups is 1. The van der Waals surface area contributed by atoms with Crippen LogP contribution in [0.2, 0.25) is 5.02 Å². The number of halogens is 1. The van der Waals surface area contributed by atoms with Crippen molar-refractivity contribution in [2.75, 3.05) is 13.1 Å². The number of carboxylic acids is 1. The molecular weight excluding hydrogens is 432 g/mol. The van der Waals surface area contributed by atoms with E-state index in [4.69, 9.17) is 16.7 Å². The zero-order valence-electron chi connectivity index (χ0n) is 19.4. The maximum Gasteiger partial charge on any atom is 0.303 e. The summed E-state index contributed by atoms with van der Waals surface area (Å²) in [5.74, 6) is -1.53. The highest BCUT2D eigenvalue weighted by atomic mass is 35.5. The highest BCUT2D eigenvalue weighted by Crippen LogP contribution is 2.46. The second-order valence-electron chi connectivity index (χ2n) is 9.51. The number of rotatable bonds is 9. The number of aliphatic carboxylic acids is 1. The molecule has 2 rings (SSSR count). The number of likely N-dealkylation sites (tertiary alicyclic amines) is 1. The van der Waals surface area contributed by atoms with Crippen LogP contribution in [0, 0.1) is 11.3 Å². The predicted molar refractivity (Wildman–Crippen MR) is 123 cm³/mol. The zero-order chi connectivity index (χ0) is 24.1. The van der Waals surface area contributed by atoms with Crippen LogP contribution in [0.15, 0.2) is 24.3 Å². The number of carboxylic acid groups (broad SMARTS) is 1. The number of nitrogens with zero attached hydrogens (tertiary/aromatic N) is 1. The first-order chi connectivity index (χ1) is 14.9. The molecule has 1 heterocycles. The van der Waals surface area contributed by atoms with Crippen LogP contribution in [0.1, 0.15) is 65.4 Å². The maximum atomic E-state index is 13.1. The maximum absolute atomic E-state index is 13.1. The molecule has 0 bridgehead atoms. The number of hydrogen-bond acceptors (Lipinski definition) is 4. The van der Waals surface area contributed by atoms with E-state index in [-0.39, 0.29) is 30.7 Å². The van der Waals surface area contributed by atoms with Gasteiger partial charge in [-0.25, -0.2) is 0 Å². The van der Waals surface area contributed by atoms with Crippen LogP contribution < -0.4 is 5.32 Å². The molecule has 1 fully saturated rings. The fraction of sp³-hybridized carbons (Fsp3) is 0.625. The second-order valence-corrected chi connectivity index (χ2v) is 9.94. The molecule has 0 aromatic heterocycles. The molecule has 3 atom stereocenters. The van der Waals surface area contributed by atoms with Gasteiger partial charge in [-0.1, -0.05) is 44.5 Å². The monoisotopic (exact) mass is 466 g/mol. The lowest BCUT2D eigenvalue weighted by Crippen LogP contribution is -2.58. The van der Waals surface area contributed by atoms with Gasteiger partial charge in [0, 0.05) is 42.4 Å². The van der Waals surface area contributed by atoms with Gasteiger partial charge in [0.05, 0.1) is 11.5 Å². The topological polar surface area (TPSA) is 107 Å². The number of carbonyl (C=O) groups excluding carboxylic acids is 2. The first-order valence-electron chi connectivity index (χ1n) is 11.2. The molecule has 1 aliphatic heterocycles. The van der Waals surface area contributed by atoms with Crippen molar-refractivity contribution < 1.29 is 24.6 Å². The third kappa shape index (κ3) is 6.23. The summed E-state index contributed by atoms with van der Waals surface area (Å²) in [6.07, 6.45) is 1.64. The molecule has 178 valence electrons. The van der Waals surface area contributed by atoms with Gasteiger partial charge in [-0.05, 0) is 43.9 Å². The van der Waals surface area contributed by atoms with Gasteiger partial charge in [0.1, 0.15) is 0 Å². The van der Waals surface area contributed by atoms with Gasteiger partial charge in [-0.15, -0.1) is 0 Å². The molecule has 0 aliphatic carbocycles. The molecule has 7 nitrogen and oxygen atoms in total. The van der Waals surface area contributed by atoms with E-state index >= 15 is 0 Å². The second kappa shape index (κ2) is 10.7. The summed E-state index contributed by atoms with van der Waals surface area (Å²) in [5.41, 5.74) is -0.867. The Morgan fingerprint density at radius 1 is 1.12 bits per heavy atom. The van der Waals surface area contributed by atoms with Crippen molar-refractivity contribution in [3.05, 3.63) is 34.9 Å². The van der Waals surface area contributed by atoms with Crippen molar-refractivity contribution >= 4 is 29.4 Å². The summed E-state index contributed by atoms with van der Waals surface area (Å²) >= 11 is 5.99. The minimum absolute atomic E-state index is 0.0465. The number of benzene rings is 1. The largest absolute Gasteiger partial charge is 0.481 e. The van der Waals surface area contributed by atoms with Crippen molar-refractivity contribution in [1.82, 2.24) is 10.2 Å². The number of unbranched alkanes of at least 4 members (excludes halogenated alkanes) is 1. The lowest BCUT2D eigenvalue weighted by Gasteiger charge is -2.51. The molecule has 0 saturated carbocycles. The molecule has 1 saturated heterocycles. The molecule has 32 heavy (non-hydrogen) atoms. The molecule has 2 amide bonds. The van der Waals surface area contributed by atoms with Crippen LogP contribution in [0.25, 0.3) is 0 Å². The third-order valence-electron chi connectivity index (χ3n) is 6.66. The summed E-state index contributed by atoms with van der Waals surface area (Å²) in [7, 11) is 0. The van der Waals surface area contributed by atoms with E-state index in [1.54, 1.807) is 30.9 Å². The Labute approximate surface area is 195 Å². The average Bonchev–Trinajstić information content (AvgIpc) is 2.72. The Morgan fingerprint density at radius 2 is 1.72 bits per heavy atom. The van der Waals surface area contributed by atoms with Crippen LogP contribution in [-0.2, 0) is 20.0 Å². The quantitative estimate of drug-likeness (QED) is 0.482. The molecule has 0 spiro atoms. The number of hydrogen-bond donors (Lipinski definition) is 3. The minimum Gasteiger partial charge on any atom is -0.481 e. The minimum atomic E-state index is -1.08. The van der Waals surface area contributed by atoms with Crippen LogP contribution >= 0.6 is 11.6 Å². The number of piperidine rings is 1. The number of carbonyl (C=O) groups is 3. The fourth-order valence-corrected chi connectivity index (χ4v) is 4.41. The van der Waals surface area contributed by atoms with E-state index in [9.17, 15) is 19.5 Å². The average molecular weight is 467 g/mol. The highest BCUT2D eigenvalue weighted by Gasteiger charge is 2.50. The number of amides is 2. The Kier molecular flexibility index (Phi) is 8.71. The van der Waals surface area contributed by atoms with Crippen LogP contribution in [0.5, 0.6) is 0 Å². The van der Waals surface area contributed by atoms with Gasteiger partial charge in [0.15, 0.2) is 0 Å². The van der Waals surface area contributed by atoms with Gasteiger partial charge < -0.3 is 20.4 Å². The molecule has 8 heteroatoms. The van der Waals surface area contributed by atoms with E-state index in [0.29, 0.717) is 37.4 Å². The normalized spacial score (nSPS) is 22.1. The molecule has 1 unspecified atom stereocenters. The number of nitrogens with one attached hydrogen (secondary N) is 1. The standard InChI is InChI=1S/C24H35ClN2O5/c1-16(17(2)26-20(28)7-5-6-8-21(29)30)22(31)27-14-13-24(32,23(3,4)15-27)18-9-11-19(25)12-10-18/h9-12,16-17,32H,5-8,13-15H2,1-4H3,(H,26,28)(H,29,30)/t16-,17?,24+/m1/s1. The van der Waals surface area contributed by atoms with Crippen molar-refractivity contribution in [1.29, 1.82) is 0 Å². The fourth-order valence-electron chi connectivity index (χ4n) is 4.29. The van der Waals surface area contributed by atoms with Crippen LogP contribution in [-0.4, -0.2) is 52.0 Å². The van der Waals surface area contributed by atoms with Gasteiger partial charge >= 0.3 is 5.97 Å². The van der Waals surface area contributed by atoms with Crippen molar-refractivity contribution in [2.45, 2.75) is 71.4 Å². The lowest BCUT2D eigenvalue weighted by molar-refractivity contribution is -0.157. The first kappa shape index (κ1) is 26.1. The van der Waals surface area contributed by atoms with Crippen molar-refractivity contribution in [3.8, 4) is 0 Å². The molecule has 1 aliphatic rings. The SMILES string of the molecule is CC(NC(=O)CCCCC(=O)O)[C@@H](C)C(=O)N1CC[C@](O)(c2ccc(Cl)cc2)C(C)(C)C1. The zero-order valence-corrected chi connectivity index (χ0v) is 20.1. The van der Waals surface area contributed by atoms with Crippen LogP contribution in [0.4, 0.5) is 0 Å². The molecule has 0 radical (unpaired) electrons. The Bertz CT molecular complexity index is 826. The smallest absolute Gasteiger partial charge is 0.303 e. The predicted octanol–water partition coefficient (Wildman–Crippen LogP) is 3.57. The van der Waals surface area contributed by atoms with E-state index in [2.05, 4.69) is 5.32 Å². The summed E-state index contributed by atoms with van der Waals surface area (Å²) < 4.78 is 0. The Balaban J connectivity index is 1.95. The Hall–Kier alpha value is -2.12. The third-order valence-corrected chi connectivity index (χ3v) is 6.91. The first-order valence-corrected chi connectivity index (χ1v) is 11.5. The van der Waals surface area contributed by atoms with E-state index in [1.165, 1.54) is 0 Å². The Morgan fingerprint density at radius 3 is 2.28 bits per heavy atom. The lowest BCUT2D eigenvalue weighted by atomic mass is 9.66. The van der Waals surface area contributed by atoms with Gasteiger partial charge in [-0.2, -0.15) is 0 Å². The van der Waals surface area contributed by atoms with E-state index < -0.39 is 22.9 Å². The van der Waals surface area contributed by atoms with Gasteiger partial charge in [-0.3, -0.25) is 14.4 Å². The van der Waals surface area contributed by atoms with Crippen LogP contribution in [0.3, 0.4) is 0 Å². The molecule has 1 aromatic rings. The molecular formula is C24H35ClN2O5. The summed E-state index contributed by atoms with van der Waals surface area (Å²) in [4.78, 5) is 37.6. The summed E-state index contributed by atoms with van der Waals surface area (Å²) in [6.45, 7) is 8.32. The van der Waals surface area contributed by atoms with Crippen molar-refractivity contribution in [3.63, 3.8) is 0 Å². The van der Waals surface area contributed by atoms with Gasteiger partial charge in [0.25, 0.3) is 0 Å². The highest BCUT2D eigenvalue weighted by molar-refractivity contribution is 6.30. The summed E-state index contributed by atoms with van der Waals surface area (Å²) in [6, 6.07) is 6.83. The molecule has 3 N–H and O–H groups in total.